The quantitative estimate of drug-likeness (QED) is 0.867. The maximum Gasteiger partial charge on any atom is 0.266 e. The number of nitrogens with one attached hydrogen (secondary N) is 1. The molecule has 0 unspecified atom stereocenters. The van der Waals surface area contributed by atoms with Crippen LogP contribution in [0.25, 0.3) is 0 Å². The molecule has 134 valence electrons. The Labute approximate surface area is 146 Å². The molecule has 1 aromatic heterocycles. The summed E-state index contributed by atoms with van der Waals surface area (Å²) < 4.78 is 44.5. The zero-order valence-corrected chi connectivity index (χ0v) is 14.7. The Bertz CT molecular complexity index is 855. The minimum atomic E-state index is -3.93. The summed E-state index contributed by atoms with van der Waals surface area (Å²) in [6.45, 7) is 4.55. The van der Waals surface area contributed by atoms with Gasteiger partial charge in [-0.2, -0.15) is 4.98 Å². The lowest BCUT2D eigenvalue weighted by Gasteiger charge is -2.14. The average molecular weight is 365 g/mol. The first-order valence-corrected chi connectivity index (χ1v) is 9.34. The van der Waals surface area contributed by atoms with Crippen molar-refractivity contribution in [2.75, 3.05) is 17.9 Å². The van der Waals surface area contributed by atoms with Crippen molar-refractivity contribution in [3.05, 3.63) is 30.6 Å². The molecule has 1 aliphatic rings. The molecule has 8 nitrogen and oxygen atoms in total. The van der Waals surface area contributed by atoms with E-state index in [0.717, 1.165) is 0 Å². The van der Waals surface area contributed by atoms with E-state index in [2.05, 4.69) is 14.7 Å². The molecule has 0 spiro atoms. The summed E-state index contributed by atoms with van der Waals surface area (Å²) in [7, 11) is -3.93. The van der Waals surface area contributed by atoms with Gasteiger partial charge in [0.25, 0.3) is 10.0 Å². The monoisotopic (exact) mass is 365 g/mol. The zero-order chi connectivity index (χ0) is 17.9. The van der Waals surface area contributed by atoms with Crippen molar-refractivity contribution in [3.8, 4) is 17.4 Å². The first-order chi connectivity index (χ1) is 12.0. The predicted molar refractivity (Wildman–Crippen MR) is 90.7 cm³/mol. The second kappa shape index (κ2) is 7.14. The molecule has 25 heavy (non-hydrogen) atoms. The first-order valence-electron chi connectivity index (χ1n) is 7.86. The standard InChI is InChI=1S/C16H19N3O5S/c1-11(2)24-15-10-17-9-14(18-15)19-25(20,21)13-6-3-5-12-16(13)23-8-4-7-22-12/h3,5-6,9-11H,4,7-8H2,1-2H3,(H,18,19). The van der Waals surface area contributed by atoms with Gasteiger partial charge in [-0.15, -0.1) is 0 Å². The fourth-order valence-corrected chi connectivity index (χ4v) is 3.41. The number of hydrogen-bond acceptors (Lipinski definition) is 7. The maximum absolute atomic E-state index is 12.8. The molecule has 0 bridgehead atoms. The number of sulfonamides is 1. The molecule has 1 N–H and O–H groups in total. The van der Waals surface area contributed by atoms with Crippen LogP contribution in [0.15, 0.2) is 35.5 Å². The summed E-state index contributed by atoms with van der Waals surface area (Å²) in [6.07, 6.45) is 3.31. The van der Waals surface area contributed by atoms with Crippen LogP contribution in [-0.2, 0) is 10.0 Å². The van der Waals surface area contributed by atoms with Crippen LogP contribution in [0.1, 0.15) is 20.3 Å². The number of fused-ring (bicyclic) bond motifs is 1. The van der Waals surface area contributed by atoms with Crippen molar-refractivity contribution in [1.82, 2.24) is 9.97 Å². The fraction of sp³-hybridized carbons (Fsp3) is 0.375. The van der Waals surface area contributed by atoms with Crippen molar-refractivity contribution in [2.45, 2.75) is 31.3 Å². The number of hydrogen-bond donors (Lipinski definition) is 1. The maximum atomic E-state index is 12.8. The molecule has 0 amide bonds. The number of ether oxygens (including phenoxy) is 3. The van der Waals surface area contributed by atoms with E-state index in [1.165, 1.54) is 18.5 Å². The lowest BCUT2D eigenvalue weighted by atomic mass is 10.3. The fourth-order valence-electron chi connectivity index (χ4n) is 2.27. The van der Waals surface area contributed by atoms with E-state index in [1.807, 2.05) is 13.8 Å². The molecular weight excluding hydrogens is 346 g/mol. The molecule has 2 heterocycles. The van der Waals surface area contributed by atoms with Gasteiger partial charge in [-0.1, -0.05) is 6.07 Å². The van der Waals surface area contributed by atoms with Crippen LogP contribution in [0.5, 0.6) is 17.4 Å². The summed E-state index contributed by atoms with van der Waals surface area (Å²) >= 11 is 0. The Morgan fingerprint density at radius 2 is 2.00 bits per heavy atom. The van der Waals surface area contributed by atoms with E-state index in [-0.39, 0.29) is 28.4 Å². The van der Waals surface area contributed by atoms with Gasteiger partial charge < -0.3 is 14.2 Å². The van der Waals surface area contributed by atoms with Crippen molar-refractivity contribution >= 4 is 15.8 Å². The molecular formula is C16H19N3O5S. The predicted octanol–water partition coefficient (Wildman–Crippen LogP) is 2.23. The summed E-state index contributed by atoms with van der Waals surface area (Å²) in [4.78, 5) is 8.04. The third-order valence-corrected chi connectivity index (χ3v) is 4.61. The van der Waals surface area contributed by atoms with E-state index in [4.69, 9.17) is 14.2 Å². The van der Waals surface area contributed by atoms with E-state index < -0.39 is 10.0 Å². The van der Waals surface area contributed by atoms with Gasteiger partial charge in [0.1, 0.15) is 4.90 Å². The van der Waals surface area contributed by atoms with Gasteiger partial charge in [-0.3, -0.25) is 9.71 Å². The molecule has 0 saturated heterocycles. The van der Waals surface area contributed by atoms with E-state index >= 15 is 0 Å². The largest absolute Gasteiger partial charge is 0.490 e. The number of nitrogens with zero attached hydrogens (tertiary/aromatic N) is 2. The highest BCUT2D eigenvalue weighted by molar-refractivity contribution is 7.92. The number of anilines is 1. The van der Waals surface area contributed by atoms with Crippen LogP contribution in [0, 0.1) is 0 Å². The lowest BCUT2D eigenvalue weighted by molar-refractivity contribution is 0.232. The van der Waals surface area contributed by atoms with E-state index in [0.29, 0.717) is 25.4 Å². The van der Waals surface area contributed by atoms with Gasteiger partial charge in [0.15, 0.2) is 17.3 Å². The van der Waals surface area contributed by atoms with Crippen LogP contribution < -0.4 is 18.9 Å². The summed E-state index contributed by atoms with van der Waals surface area (Å²) in [5.74, 6) is 0.908. The summed E-state index contributed by atoms with van der Waals surface area (Å²) in [5.41, 5.74) is 0. The number of aromatic nitrogens is 2. The van der Waals surface area contributed by atoms with Crippen LogP contribution in [0.4, 0.5) is 5.82 Å². The molecule has 3 rings (SSSR count). The normalized spacial score (nSPS) is 14.0. The van der Waals surface area contributed by atoms with Gasteiger partial charge in [0, 0.05) is 6.42 Å². The molecule has 0 saturated carbocycles. The minimum Gasteiger partial charge on any atom is -0.490 e. The number of benzene rings is 1. The molecule has 1 aliphatic heterocycles. The third kappa shape index (κ3) is 4.11. The van der Waals surface area contributed by atoms with Gasteiger partial charge in [0.05, 0.1) is 31.7 Å². The molecule has 0 aliphatic carbocycles. The lowest BCUT2D eigenvalue weighted by Crippen LogP contribution is -2.16. The second-order valence-electron chi connectivity index (χ2n) is 5.65. The molecule has 1 aromatic carbocycles. The van der Waals surface area contributed by atoms with Gasteiger partial charge in [-0.25, -0.2) is 8.42 Å². The highest BCUT2D eigenvalue weighted by atomic mass is 32.2. The second-order valence-corrected chi connectivity index (χ2v) is 7.30. The van der Waals surface area contributed by atoms with Crippen LogP contribution in [-0.4, -0.2) is 37.7 Å². The molecule has 0 radical (unpaired) electrons. The Kier molecular flexibility index (Phi) is 4.93. The van der Waals surface area contributed by atoms with Crippen LogP contribution in [0.2, 0.25) is 0 Å². The Morgan fingerprint density at radius 1 is 1.20 bits per heavy atom. The molecule has 0 atom stereocenters. The van der Waals surface area contributed by atoms with Crippen LogP contribution >= 0.6 is 0 Å². The minimum absolute atomic E-state index is 0.0103. The Hall–Kier alpha value is -2.55. The average Bonchev–Trinajstić information content (AvgIpc) is 2.79. The van der Waals surface area contributed by atoms with Crippen molar-refractivity contribution in [2.24, 2.45) is 0 Å². The first kappa shape index (κ1) is 17.3. The zero-order valence-electron chi connectivity index (χ0n) is 13.9. The molecule has 2 aromatic rings. The van der Waals surface area contributed by atoms with Crippen molar-refractivity contribution < 1.29 is 22.6 Å². The van der Waals surface area contributed by atoms with Gasteiger partial charge >= 0.3 is 0 Å². The third-order valence-electron chi connectivity index (χ3n) is 3.23. The van der Waals surface area contributed by atoms with Crippen molar-refractivity contribution in [1.29, 1.82) is 0 Å². The molecule has 0 fully saturated rings. The van der Waals surface area contributed by atoms with Gasteiger partial charge in [-0.05, 0) is 26.0 Å². The highest BCUT2D eigenvalue weighted by Crippen LogP contribution is 2.36. The van der Waals surface area contributed by atoms with E-state index in [1.54, 1.807) is 12.1 Å². The topological polar surface area (TPSA) is 99.6 Å². The van der Waals surface area contributed by atoms with Crippen molar-refractivity contribution in [3.63, 3.8) is 0 Å². The van der Waals surface area contributed by atoms with Crippen LogP contribution in [0.3, 0.4) is 0 Å². The number of rotatable bonds is 5. The summed E-state index contributed by atoms with van der Waals surface area (Å²) in [6, 6.07) is 4.74. The SMILES string of the molecule is CC(C)Oc1cncc(NS(=O)(=O)c2cccc3c2OCCCO3)n1. The smallest absolute Gasteiger partial charge is 0.266 e. The Balaban J connectivity index is 1.90. The Morgan fingerprint density at radius 3 is 2.80 bits per heavy atom. The van der Waals surface area contributed by atoms with E-state index in [9.17, 15) is 8.42 Å². The summed E-state index contributed by atoms with van der Waals surface area (Å²) in [5, 5.41) is 0. The highest BCUT2D eigenvalue weighted by Gasteiger charge is 2.25. The van der Waals surface area contributed by atoms with Gasteiger partial charge in [0.2, 0.25) is 5.88 Å². The number of para-hydroxylation sites is 1. The molecule has 9 heteroatoms.